The zero-order valence-electron chi connectivity index (χ0n) is 24.0. The highest BCUT2D eigenvalue weighted by Crippen LogP contribution is 2.37. The van der Waals surface area contributed by atoms with Gasteiger partial charge < -0.3 is 29.7 Å². The predicted octanol–water partition coefficient (Wildman–Crippen LogP) is 3.11. The van der Waals surface area contributed by atoms with Crippen LogP contribution in [-0.2, 0) is 32.2 Å². The molecule has 1 saturated carbocycles. The summed E-state index contributed by atoms with van der Waals surface area (Å²) in [5.74, 6) is -0.0128. The first-order chi connectivity index (χ1) is 19.9. The van der Waals surface area contributed by atoms with Crippen molar-refractivity contribution in [2.45, 2.75) is 70.5 Å². The van der Waals surface area contributed by atoms with Gasteiger partial charge in [-0.1, -0.05) is 30.3 Å². The maximum absolute atomic E-state index is 13.8. The van der Waals surface area contributed by atoms with Crippen molar-refractivity contribution in [3.63, 3.8) is 0 Å². The second-order valence-electron chi connectivity index (χ2n) is 10.8. The van der Waals surface area contributed by atoms with E-state index >= 15 is 0 Å². The van der Waals surface area contributed by atoms with E-state index in [-0.39, 0.29) is 24.0 Å². The average Bonchev–Trinajstić information content (AvgIpc) is 3.76. The fourth-order valence-electron chi connectivity index (χ4n) is 5.25. The summed E-state index contributed by atoms with van der Waals surface area (Å²) in [7, 11) is 1.35. The number of methoxy groups -OCH3 is 1. The van der Waals surface area contributed by atoms with Crippen LogP contribution in [0.25, 0.3) is 11.0 Å². The van der Waals surface area contributed by atoms with Gasteiger partial charge in [-0.15, -0.1) is 0 Å². The van der Waals surface area contributed by atoms with Crippen LogP contribution in [0.3, 0.4) is 0 Å². The molecule has 220 valence electrons. The normalized spacial score (nSPS) is 19.6. The lowest BCUT2D eigenvalue weighted by atomic mass is 10.1. The Bertz CT molecular complexity index is 1320. The molecule has 1 aliphatic heterocycles. The van der Waals surface area contributed by atoms with Gasteiger partial charge in [0.1, 0.15) is 6.10 Å². The third-order valence-electron chi connectivity index (χ3n) is 7.57. The Hall–Kier alpha value is -3.54. The van der Waals surface area contributed by atoms with E-state index in [1.807, 2.05) is 65.9 Å². The van der Waals surface area contributed by atoms with Gasteiger partial charge in [0, 0.05) is 36.8 Å². The number of hydrogen-bond acceptors (Lipinski definition) is 8. The first-order valence-corrected chi connectivity index (χ1v) is 14.4. The Morgan fingerprint density at radius 1 is 1.22 bits per heavy atom. The van der Waals surface area contributed by atoms with Gasteiger partial charge in [-0.3, -0.25) is 4.79 Å². The van der Waals surface area contributed by atoms with Gasteiger partial charge in [-0.05, 0) is 50.8 Å². The Morgan fingerprint density at radius 2 is 2.02 bits per heavy atom. The van der Waals surface area contributed by atoms with Gasteiger partial charge in [0.2, 0.25) is 0 Å². The van der Waals surface area contributed by atoms with Crippen molar-refractivity contribution >= 4 is 23.0 Å². The van der Waals surface area contributed by atoms with Crippen LogP contribution in [0.1, 0.15) is 49.2 Å². The number of morpholine rings is 1. The van der Waals surface area contributed by atoms with Crippen LogP contribution < -0.4 is 10.6 Å². The minimum atomic E-state index is -0.554. The summed E-state index contributed by atoms with van der Waals surface area (Å²) in [6.45, 7) is 6.94. The highest BCUT2D eigenvalue weighted by atomic mass is 16.5. The quantitative estimate of drug-likeness (QED) is 0.322. The lowest BCUT2D eigenvalue weighted by Gasteiger charge is -2.35. The highest BCUT2D eigenvalue weighted by molar-refractivity contribution is 5.84. The van der Waals surface area contributed by atoms with E-state index in [1.165, 1.54) is 7.11 Å². The molecule has 1 aliphatic carbocycles. The van der Waals surface area contributed by atoms with Gasteiger partial charge in [0.25, 0.3) is 5.91 Å². The second-order valence-corrected chi connectivity index (χ2v) is 10.8. The molecule has 1 saturated heterocycles. The van der Waals surface area contributed by atoms with Crippen molar-refractivity contribution in [1.29, 1.82) is 0 Å². The van der Waals surface area contributed by atoms with E-state index in [0.29, 0.717) is 45.9 Å². The lowest BCUT2D eigenvalue weighted by molar-refractivity contribution is -0.150. The Kier molecular flexibility index (Phi) is 9.48. The number of aryl methyl sites for hydroxylation is 2. The number of pyridine rings is 1. The molecule has 0 bridgehead atoms. The molecule has 0 radical (unpaired) electrons. The van der Waals surface area contributed by atoms with Crippen LogP contribution in [0, 0.1) is 6.92 Å². The molecule has 2 fully saturated rings. The highest BCUT2D eigenvalue weighted by Gasteiger charge is 2.42. The number of nitrogens with one attached hydrogen (secondary N) is 2. The minimum absolute atomic E-state index is 0.0128. The van der Waals surface area contributed by atoms with Crippen molar-refractivity contribution in [1.82, 2.24) is 30.3 Å². The van der Waals surface area contributed by atoms with E-state index in [2.05, 4.69) is 15.4 Å². The molecule has 11 nitrogen and oxygen atoms in total. The molecule has 2 amide bonds. The van der Waals surface area contributed by atoms with Gasteiger partial charge >= 0.3 is 6.09 Å². The molecule has 3 atom stereocenters. The summed E-state index contributed by atoms with van der Waals surface area (Å²) in [6, 6.07) is 14.0. The standard InChI is InChI=1S/C30H40N6O5/c1-20-10-13-25-27(34-35(28(25)33-20)15-7-14-31-30(38)39-3)21(2)36(24-11-12-24)29(37)26-16-32-23(19-41-26)18-40-17-22-8-5-4-6-9-22/h4-6,8-10,13,21,23-24,26,32H,7,11-12,14-19H2,1-3H3,(H,31,38)/t21-,23+,26-/m1/s1. The van der Waals surface area contributed by atoms with E-state index in [1.54, 1.807) is 0 Å². The number of ether oxygens (including phenoxy) is 3. The van der Waals surface area contributed by atoms with Crippen LogP contribution in [0.5, 0.6) is 0 Å². The number of aromatic nitrogens is 3. The summed E-state index contributed by atoms with van der Waals surface area (Å²) in [6.07, 6.45) is 1.60. The van der Waals surface area contributed by atoms with Crippen molar-refractivity contribution in [3.8, 4) is 0 Å². The van der Waals surface area contributed by atoms with E-state index < -0.39 is 12.2 Å². The monoisotopic (exact) mass is 564 g/mol. The van der Waals surface area contributed by atoms with E-state index in [0.717, 1.165) is 40.8 Å². The summed E-state index contributed by atoms with van der Waals surface area (Å²) < 4.78 is 18.5. The third kappa shape index (κ3) is 7.22. The third-order valence-corrected chi connectivity index (χ3v) is 7.57. The zero-order valence-corrected chi connectivity index (χ0v) is 24.0. The van der Waals surface area contributed by atoms with Gasteiger partial charge in [-0.2, -0.15) is 5.10 Å². The molecule has 11 heteroatoms. The molecule has 41 heavy (non-hydrogen) atoms. The molecule has 2 N–H and O–H groups in total. The number of fused-ring (bicyclic) bond motifs is 1. The first-order valence-electron chi connectivity index (χ1n) is 14.4. The van der Waals surface area contributed by atoms with Gasteiger partial charge in [0.15, 0.2) is 5.65 Å². The molecule has 5 rings (SSSR count). The van der Waals surface area contributed by atoms with Crippen molar-refractivity contribution < 1.29 is 23.8 Å². The average molecular weight is 565 g/mol. The maximum Gasteiger partial charge on any atom is 0.406 e. The molecule has 3 aromatic rings. The number of nitrogens with zero attached hydrogens (tertiary/aromatic N) is 4. The number of carbonyl (C=O) groups excluding carboxylic acids is 2. The number of benzene rings is 1. The summed E-state index contributed by atoms with van der Waals surface area (Å²) >= 11 is 0. The molecule has 1 aromatic carbocycles. The molecular weight excluding hydrogens is 524 g/mol. The molecule has 0 spiro atoms. The van der Waals surface area contributed by atoms with Gasteiger partial charge in [-0.25, -0.2) is 14.5 Å². The topological polar surface area (TPSA) is 120 Å². The molecule has 2 aromatic heterocycles. The Morgan fingerprint density at radius 3 is 2.73 bits per heavy atom. The summed E-state index contributed by atoms with van der Waals surface area (Å²) in [5.41, 5.74) is 3.63. The van der Waals surface area contributed by atoms with Crippen molar-refractivity contribution in [2.24, 2.45) is 0 Å². The van der Waals surface area contributed by atoms with E-state index in [9.17, 15) is 9.59 Å². The Balaban J connectivity index is 1.22. The van der Waals surface area contributed by atoms with E-state index in [4.69, 9.17) is 19.6 Å². The lowest BCUT2D eigenvalue weighted by Crippen LogP contribution is -2.55. The maximum atomic E-state index is 13.8. The second kappa shape index (κ2) is 13.4. The fourth-order valence-corrected chi connectivity index (χ4v) is 5.25. The van der Waals surface area contributed by atoms with Crippen LogP contribution in [0.15, 0.2) is 42.5 Å². The number of carbonyl (C=O) groups is 2. The number of hydrogen-bond donors (Lipinski definition) is 2. The largest absolute Gasteiger partial charge is 0.453 e. The van der Waals surface area contributed by atoms with Crippen LogP contribution in [-0.4, -0.2) is 83.3 Å². The van der Waals surface area contributed by atoms with Crippen LogP contribution >= 0.6 is 0 Å². The van der Waals surface area contributed by atoms with Crippen LogP contribution in [0.2, 0.25) is 0 Å². The molecule has 0 unspecified atom stereocenters. The predicted molar refractivity (Wildman–Crippen MR) is 153 cm³/mol. The molecule has 2 aliphatic rings. The van der Waals surface area contributed by atoms with Gasteiger partial charge in [0.05, 0.1) is 44.7 Å². The minimum Gasteiger partial charge on any atom is -0.453 e. The summed E-state index contributed by atoms with van der Waals surface area (Å²) in [4.78, 5) is 31.9. The number of rotatable bonds is 12. The Labute approximate surface area is 240 Å². The first kappa shape index (κ1) is 29.0. The summed E-state index contributed by atoms with van der Waals surface area (Å²) in [5, 5.41) is 12.0. The van der Waals surface area contributed by atoms with Crippen molar-refractivity contribution in [2.75, 3.05) is 33.4 Å². The fraction of sp³-hybridized carbons (Fsp3) is 0.533. The molecule has 3 heterocycles. The smallest absolute Gasteiger partial charge is 0.406 e. The number of alkyl carbamates (subject to hydrolysis) is 1. The molecular formula is C30H40N6O5. The SMILES string of the molecule is COC(=O)NCCCn1nc([C@@H](C)N(C(=O)[C@H]2CN[C@@H](COCc3ccccc3)CO2)C2CC2)c2ccc(C)nc21. The number of amides is 2. The zero-order chi connectivity index (χ0) is 28.8. The van der Waals surface area contributed by atoms with Crippen LogP contribution in [0.4, 0.5) is 4.79 Å². The van der Waals surface area contributed by atoms with Crippen molar-refractivity contribution in [3.05, 3.63) is 59.4 Å².